The topological polar surface area (TPSA) is 104 Å². The summed E-state index contributed by atoms with van der Waals surface area (Å²) >= 11 is 0. The van der Waals surface area contributed by atoms with Crippen LogP contribution in [0.5, 0.6) is 0 Å². The van der Waals surface area contributed by atoms with Crippen molar-refractivity contribution in [2.45, 2.75) is 6.92 Å². The first-order valence-electron chi connectivity index (χ1n) is 5.79. The first kappa shape index (κ1) is 13.6. The molecule has 0 fully saturated rings. The second-order valence-electron chi connectivity index (χ2n) is 4.36. The maximum Gasteiger partial charge on any atom is 0.354 e. The Morgan fingerprint density at radius 1 is 1.35 bits per heavy atom. The van der Waals surface area contributed by atoms with Crippen LogP contribution in [0.1, 0.15) is 26.5 Å². The standard InChI is InChI=1S/C13H13N3O4/c1-7-5-9(11(14-7)13(19)20)15-12(18)8-3-4-16(2)10(17)6-8/h3-6,14H,1-2H3,(H,15,18)(H,19,20). The lowest BCUT2D eigenvalue weighted by Crippen LogP contribution is -2.20. The van der Waals surface area contributed by atoms with Gasteiger partial charge in [-0.25, -0.2) is 4.79 Å². The summed E-state index contributed by atoms with van der Waals surface area (Å²) in [5, 5.41) is 11.5. The van der Waals surface area contributed by atoms with E-state index in [9.17, 15) is 14.4 Å². The fraction of sp³-hybridized carbons (Fsp3) is 0.154. The van der Waals surface area contributed by atoms with Crippen molar-refractivity contribution in [1.82, 2.24) is 9.55 Å². The number of rotatable bonds is 3. The molecule has 0 aliphatic carbocycles. The number of carbonyl (C=O) groups excluding carboxylic acids is 1. The number of hydrogen-bond acceptors (Lipinski definition) is 3. The van der Waals surface area contributed by atoms with Crippen LogP contribution in [0, 0.1) is 6.92 Å². The third-order valence-electron chi connectivity index (χ3n) is 2.78. The second kappa shape index (κ2) is 5.04. The highest BCUT2D eigenvalue weighted by Gasteiger charge is 2.16. The SMILES string of the molecule is Cc1cc(NC(=O)c2ccn(C)c(=O)c2)c(C(=O)O)[nH]1. The molecule has 0 saturated heterocycles. The zero-order chi connectivity index (χ0) is 14.9. The van der Waals surface area contributed by atoms with E-state index in [1.165, 1.54) is 29.0 Å². The van der Waals surface area contributed by atoms with Gasteiger partial charge in [-0.15, -0.1) is 0 Å². The van der Waals surface area contributed by atoms with E-state index in [-0.39, 0.29) is 22.5 Å². The number of nitrogens with zero attached hydrogens (tertiary/aromatic N) is 1. The Morgan fingerprint density at radius 2 is 2.05 bits per heavy atom. The van der Waals surface area contributed by atoms with Gasteiger partial charge in [-0.05, 0) is 19.1 Å². The number of aryl methyl sites for hydroxylation is 2. The van der Waals surface area contributed by atoms with Gasteiger partial charge >= 0.3 is 5.97 Å². The van der Waals surface area contributed by atoms with E-state index in [1.54, 1.807) is 14.0 Å². The van der Waals surface area contributed by atoms with Gasteiger partial charge in [-0.3, -0.25) is 9.59 Å². The Bertz CT molecular complexity index is 742. The molecule has 2 aromatic rings. The van der Waals surface area contributed by atoms with Crippen LogP contribution in [0.4, 0.5) is 5.69 Å². The van der Waals surface area contributed by atoms with Gasteiger partial charge in [0, 0.05) is 30.6 Å². The van der Waals surface area contributed by atoms with E-state index in [4.69, 9.17) is 5.11 Å². The van der Waals surface area contributed by atoms with Crippen molar-refractivity contribution in [3.8, 4) is 0 Å². The molecular weight excluding hydrogens is 262 g/mol. The van der Waals surface area contributed by atoms with Crippen LogP contribution in [-0.4, -0.2) is 26.5 Å². The molecule has 0 aliphatic heterocycles. The number of nitrogens with one attached hydrogen (secondary N) is 2. The van der Waals surface area contributed by atoms with Gasteiger partial charge in [0.25, 0.3) is 11.5 Å². The molecule has 20 heavy (non-hydrogen) atoms. The Labute approximate surface area is 113 Å². The van der Waals surface area contributed by atoms with E-state index in [0.717, 1.165) is 0 Å². The van der Waals surface area contributed by atoms with Crippen molar-refractivity contribution in [3.63, 3.8) is 0 Å². The van der Waals surface area contributed by atoms with Crippen LogP contribution in [0.15, 0.2) is 29.2 Å². The molecule has 2 heterocycles. The highest BCUT2D eigenvalue weighted by molar-refractivity contribution is 6.07. The number of amides is 1. The summed E-state index contributed by atoms with van der Waals surface area (Å²) in [7, 11) is 1.57. The number of aromatic nitrogens is 2. The maximum atomic E-state index is 12.0. The quantitative estimate of drug-likeness (QED) is 0.776. The van der Waals surface area contributed by atoms with Gasteiger partial charge in [-0.1, -0.05) is 0 Å². The molecule has 7 heteroatoms. The fourth-order valence-electron chi connectivity index (χ4n) is 1.74. The first-order valence-corrected chi connectivity index (χ1v) is 5.79. The minimum absolute atomic E-state index is 0.0975. The first-order chi connectivity index (χ1) is 9.38. The molecule has 0 atom stereocenters. The number of carbonyl (C=O) groups is 2. The van der Waals surface area contributed by atoms with E-state index >= 15 is 0 Å². The van der Waals surface area contributed by atoms with E-state index in [0.29, 0.717) is 5.69 Å². The number of aromatic amines is 1. The Hall–Kier alpha value is -2.83. The van der Waals surface area contributed by atoms with Crippen molar-refractivity contribution < 1.29 is 14.7 Å². The molecule has 0 saturated carbocycles. The largest absolute Gasteiger partial charge is 0.477 e. The predicted molar refractivity (Wildman–Crippen MR) is 72.1 cm³/mol. The van der Waals surface area contributed by atoms with Crippen LogP contribution >= 0.6 is 0 Å². The highest BCUT2D eigenvalue weighted by atomic mass is 16.4. The highest BCUT2D eigenvalue weighted by Crippen LogP contribution is 2.17. The number of hydrogen-bond donors (Lipinski definition) is 3. The molecule has 0 aromatic carbocycles. The zero-order valence-corrected chi connectivity index (χ0v) is 10.9. The molecule has 0 spiro atoms. The van der Waals surface area contributed by atoms with Gasteiger partial charge in [-0.2, -0.15) is 0 Å². The lowest BCUT2D eigenvalue weighted by atomic mass is 10.2. The summed E-state index contributed by atoms with van der Waals surface area (Å²) in [6.07, 6.45) is 1.47. The normalized spacial score (nSPS) is 10.3. The summed E-state index contributed by atoms with van der Waals surface area (Å²) in [6, 6.07) is 4.19. The molecule has 104 valence electrons. The van der Waals surface area contributed by atoms with Crippen molar-refractivity contribution in [2.75, 3.05) is 5.32 Å². The zero-order valence-electron chi connectivity index (χ0n) is 10.9. The molecule has 1 amide bonds. The van der Waals surface area contributed by atoms with E-state index in [1.807, 2.05) is 0 Å². The van der Waals surface area contributed by atoms with Gasteiger partial charge in [0.15, 0.2) is 0 Å². The average Bonchev–Trinajstić information content (AvgIpc) is 2.73. The smallest absolute Gasteiger partial charge is 0.354 e. The van der Waals surface area contributed by atoms with E-state index < -0.39 is 11.9 Å². The molecule has 3 N–H and O–H groups in total. The van der Waals surface area contributed by atoms with Crippen molar-refractivity contribution in [3.05, 3.63) is 51.7 Å². The monoisotopic (exact) mass is 275 g/mol. The van der Waals surface area contributed by atoms with Gasteiger partial charge < -0.3 is 20.0 Å². The average molecular weight is 275 g/mol. The molecule has 7 nitrogen and oxygen atoms in total. The minimum Gasteiger partial charge on any atom is -0.477 e. The molecule has 2 aromatic heterocycles. The van der Waals surface area contributed by atoms with Crippen LogP contribution in [-0.2, 0) is 7.05 Å². The maximum absolute atomic E-state index is 12.0. The lowest BCUT2D eigenvalue weighted by Gasteiger charge is -2.05. The number of anilines is 1. The van der Waals surface area contributed by atoms with Gasteiger partial charge in [0.05, 0.1) is 5.69 Å². The number of carboxylic acid groups (broad SMARTS) is 1. The van der Waals surface area contributed by atoms with Crippen LogP contribution in [0.2, 0.25) is 0 Å². The van der Waals surface area contributed by atoms with Crippen molar-refractivity contribution in [1.29, 1.82) is 0 Å². The summed E-state index contributed by atoms with van der Waals surface area (Å²) in [5.74, 6) is -1.71. The van der Waals surface area contributed by atoms with Gasteiger partial charge in [0.2, 0.25) is 0 Å². The number of H-pyrrole nitrogens is 1. The minimum atomic E-state index is -1.17. The molecule has 0 bridgehead atoms. The van der Waals surface area contributed by atoms with Crippen LogP contribution < -0.4 is 10.9 Å². The summed E-state index contributed by atoms with van der Waals surface area (Å²) in [5.41, 5.74) is 0.534. The third-order valence-corrected chi connectivity index (χ3v) is 2.78. The van der Waals surface area contributed by atoms with E-state index in [2.05, 4.69) is 10.3 Å². The second-order valence-corrected chi connectivity index (χ2v) is 4.36. The Balaban J connectivity index is 2.30. The Kier molecular flexibility index (Phi) is 3.43. The Morgan fingerprint density at radius 3 is 2.65 bits per heavy atom. The molecule has 0 unspecified atom stereocenters. The summed E-state index contributed by atoms with van der Waals surface area (Å²) < 4.78 is 1.33. The van der Waals surface area contributed by atoms with Crippen molar-refractivity contribution >= 4 is 17.6 Å². The predicted octanol–water partition coefficient (Wildman–Crippen LogP) is 0.972. The number of pyridine rings is 1. The third kappa shape index (κ3) is 2.61. The van der Waals surface area contributed by atoms with Gasteiger partial charge in [0.1, 0.15) is 5.69 Å². The van der Waals surface area contributed by atoms with Crippen LogP contribution in [0.25, 0.3) is 0 Å². The molecule has 2 rings (SSSR count). The molecule has 0 aliphatic rings. The molecular formula is C13H13N3O4. The summed E-state index contributed by atoms with van der Waals surface area (Å²) in [4.78, 5) is 37.1. The van der Waals surface area contributed by atoms with Crippen molar-refractivity contribution in [2.24, 2.45) is 7.05 Å². The molecule has 0 radical (unpaired) electrons. The fourth-order valence-corrected chi connectivity index (χ4v) is 1.74. The van der Waals surface area contributed by atoms with Crippen LogP contribution in [0.3, 0.4) is 0 Å². The number of aromatic carboxylic acids is 1. The lowest BCUT2D eigenvalue weighted by molar-refractivity contribution is 0.0692. The number of carboxylic acids is 1. The summed E-state index contributed by atoms with van der Waals surface area (Å²) in [6.45, 7) is 1.68.